The minimum Gasteiger partial charge on any atom is -0.494 e. The highest BCUT2D eigenvalue weighted by Crippen LogP contribution is 2.40. The molecule has 1 aliphatic carbocycles. The van der Waals surface area contributed by atoms with Gasteiger partial charge in [0.1, 0.15) is 16.9 Å². The van der Waals surface area contributed by atoms with Crippen molar-refractivity contribution in [2.24, 2.45) is 5.41 Å². The molecule has 1 aromatic carbocycles. The Morgan fingerprint density at radius 3 is 2.30 bits per heavy atom. The van der Waals surface area contributed by atoms with Crippen LogP contribution in [-0.2, 0) is 9.59 Å². The normalized spacial score (nSPS) is 16.7. The molecule has 0 unspecified atom stereocenters. The predicted molar refractivity (Wildman–Crippen MR) is 77.8 cm³/mol. The van der Waals surface area contributed by atoms with Gasteiger partial charge in [-0.2, -0.15) is 0 Å². The molecule has 0 atom stereocenters. The van der Waals surface area contributed by atoms with Crippen LogP contribution >= 0.6 is 0 Å². The average molecular weight is 275 g/mol. The van der Waals surface area contributed by atoms with E-state index in [-0.39, 0.29) is 11.7 Å². The lowest BCUT2D eigenvalue weighted by Gasteiger charge is -2.24. The molecule has 4 heteroatoms. The highest BCUT2D eigenvalue weighted by Gasteiger charge is 2.45. The Bertz CT molecular complexity index is 487. The smallest absolute Gasteiger partial charge is 0.238 e. The summed E-state index contributed by atoms with van der Waals surface area (Å²) >= 11 is 0. The van der Waals surface area contributed by atoms with Crippen LogP contribution in [0.4, 0.5) is 5.69 Å². The van der Waals surface area contributed by atoms with E-state index in [9.17, 15) is 9.59 Å². The molecule has 1 aromatic rings. The predicted octanol–water partition coefficient (Wildman–Crippen LogP) is 3.17. The second-order valence-electron chi connectivity index (χ2n) is 5.26. The molecule has 0 saturated heterocycles. The molecule has 1 saturated carbocycles. The van der Waals surface area contributed by atoms with E-state index in [4.69, 9.17) is 4.74 Å². The minimum atomic E-state index is -0.821. The SMILES string of the molecule is CCOc1ccc(NC(=O)C2(C(C)=O)CCCC2)cc1. The van der Waals surface area contributed by atoms with Gasteiger partial charge >= 0.3 is 0 Å². The number of benzene rings is 1. The fourth-order valence-corrected chi connectivity index (χ4v) is 2.77. The Labute approximate surface area is 119 Å². The monoisotopic (exact) mass is 275 g/mol. The number of ketones is 1. The third-order valence-corrected chi connectivity index (χ3v) is 3.99. The Morgan fingerprint density at radius 2 is 1.80 bits per heavy atom. The molecule has 1 aliphatic rings. The summed E-state index contributed by atoms with van der Waals surface area (Å²) in [5.74, 6) is 0.567. The number of carbonyl (C=O) groups excluding carboxylic acids is 2. The van der Waals surface area contributed by atoms with Gasteiger partial charge in [-0.1, -0.05) is 12.8 Å². The molecule has 1 amide bonds. The van der Waals surface area contributed by atoms with E-state index in [1.54, 1.807) is 12.1 Å². The van der Waals surface area contributed by atoms with Gasteiger partial charge in [-0.15, -0.1) is 0 Å². The maximum Gasteiger partial charge on any atom is 0.238 e. The van der Waals surface area contributed by atoms with Gasteiger partial charge in [-0.25, -0.2) is 0 Å². The third-order valence-electron chi connectivity index (χ3n) is 3.99. The van der Waals surface area contributed by atoms with Gasteiger partial charge < -0.3 is 10.1 Å². The summed E-state index contributed by atoms with van der Waals surface area (Å²) in [6, 6.07) is 7.22. The lowest BCUT2D eigenvalue weighted by atomic mass is 9.81. The van der Waals surface area contributed by atoms with Crippen molar-refractivity contribution in [1.82, 2.24) is 0 Å². The number of carbonyl (C=O) groups is 2. The van der Waals surface area contributed by atoms with E-state index in [1.807, 2.05) is 19.1 Å². The quantitative estimate of drug-likeness (QED) is 0.840. The van der Waals surface area contributed by atoms with Crippen LogP contribution < -0.4 is 10.1 Å². The van der Waals surface area contributed by atoms with E-state index in [0.29, 0.717) is 25.1 Å². The van der Waals surface area contributed by atoms with E-state index < -0.39 is 5.41 Å². The van der Waals surface area contributed by atoms with Gasteiger partial charge in [0.05, 0.1) is 6.61 Å². The number of amides is 1. The molecule has 4 nitrogen and oxygen atoms in total. The van der Waals surface area contributed by atoms with Gasteiger partial charge in [0.15, 0.2) is 0 Å². The van der Waals surface area contributed by atoms with Gasteiger partial charge in [-0.3, -0.25) is 9.59 Å². The van der Waals surface area contributed by atoms with Crippen LogP contribution in [0.25, 0.3) is 0 Å². The maximum absolute atomic E-state index is 12.4. The minimum absolute atomic E-state index is 0.0292. The van der Waals surface area contributed by atoms with Crippen molar-refractivity contribution < 1.29 is 14.3 Å². The molecule has 1 N–H and O–H groups in total. The molecule has 1 fully saturated rings. The Morgan fingerprint density at radius 1 is 1.20 bits per heavy atom. The van der Waals surface area contributed by atoms with Crippen LogP contribution in [0.3, 0.4) is 0 Å². The summed E-state index contributed by atoms with van der Waals surface area (Å²) in [6.45, 7) is 4.05. The van der Waals surface area contributed by atoms with Crippen molar-refractivity contribution >= 4 is 17.4 Å². The van der Waals surface area contributed by atoms with Crippen molar-refractivity contribution in [3.05, 3.63) is 24.3 Å². The van der Waals surface area contributed by atoms with Crippen LogP contribution in [-0.4, -0.2) is 18.3 Å². The van der Waals surface area contributed by atoms with Crippen molar-refractivity contribution in [1.29, 1.82) is 0 Å². The highest BCUT2D eigenvalue weighted by molar-refractivity contribution is 6.10. The van der Waals surface area contributed by atoms with E-state index >= 15 is 0 Å². The zero-order valence-electron chi connectivity index (χ0n) is 12.1. The highest BCUT2D eigenvalue weighted by atomic mass is 16.5. The van der Waals surface area contributed by atoms with Crippen molar-refractivity contribution in [2.75, 3.05) is 11.9 Å². The van der Waals surface area contributed by atoms with Gasteiger partial charge in [-0.05, 0) is 51.0 Å². The van der Waals surface area contributed by atoms with Crippen LogP contribution in [0.15, 0.2) is 24.3 Å². The molecule has 20 heavy (non-hydrogen) atoms. The molecule has 0 radical (unpaired) electrons. The summed E-state index contributed by atoms with van der Waals surface area (Å²) < 4.78 is 5.36. The van der Waals surface area contributed by atoms with Gasteiger partial charge in [0.25, 0.3) is 0 Å². The Hall–Kier alpha value is -1.84. The molecule has 108 valence electrons. The van der Waals surface area contributed by atoms with Gasteiger partial charge in [0.2, 0.25) is 5.91 Å². The molecule has 0 aromatic heterocycles. The molecule has 0 aliphatic heterocycles. The van der Waals surface area contributed by atoms with Gasteiger partial charge in [0, 0.05) is 5.69 Å². The zero-order chi connectivity index (χ0) is 14.6. The number of rotatable bonds is 5. The number of anilines is 1. The van der Waals surface area contributed by atoms with E-state index in [1.165, 1.54) is 6.92 Å². The second-order valence-corrected chi connectivity index (χ2v) is 5.26. The zero-order valence-corrected chi connectivity index (χ0v) is 12.1. The first-order valence-electron chi connectivity index (χ1n) is 7.14. The van der Waals surface area contributed by atoms with E-state index in [2.05, 4.69) is 5.32 Å². The topological polar surface area (TPSA) is 55.4 Å². The summed E-state index contributed by atoms with van der Waals surface area (Å²) in [7, 11) is 0. The molecule has 2 rings (SSSR count). The van der Waals surface area contributed by atoms with Crippen molar-refractivity contribution in [3.63, 3.8) is 0 Å². The summed E-state index contributed by atoms with van der Waals surface area (Å²) in [6.07, 6.45) is 3.20. The lowest BCUT2D eigenvalue weighted by molar-refractivity contribution is -0.137. The fraction of sp³-hybridized carbons (Fsp3) is 0.500. The molecule has 0 bridgehead atoms. The van der Waals surface area contributed by atoms with Crippen LogP contribution in [0, 0.1) is 5.41 Å². The first kappa shape index (κ1) is 14.6. The summed E-state index contributed by atoms with van der Waals surface area (Å²) in [5, 5.41) is 2.86. The number of hydrogen-bond donors (Lipinski definition) is 1. The Balaban J connectivity index is 2.08. The Kier molecular flexibility index (Phi) is 4.42. The summed E-state index contributed by atoms with van der Waals surface area (Å²) in [5.41, 5.74) is -0.121. The average Bonchev–Trinajstić information content (AvgIpc) is 2.92. The molecule has 0 spiro atoms. The third kappa shape index (κ3) is 2.84. The first-order chi connectivity index (χ1) is 9.58. The maximum atomic E-state index is 12.4. The van der Waals surface area contributed by atoms with Crippen LogP contribution in [0.1, 0.15) is 39.5 Å². The first-order valence-corrected chi connectivity index (χ1v) is 7.14. The fourth-order valence-electron chi connectivity index (χ4n) is 2.77. The molecular formula is C16H21NO3. The number of hydrogen-bond acceptors (Lipinski definition) is 3. The molecule has 0 heterocycles. The molecular weight excluding hydrogens is 254 g/mol. The van der Waals surface area contributed by atoms with Crippen LogP contribution in [0.2, 0.25) is 0 Å². The number of nitrogens with one attached hydrogen (secondary N) is 1. The van der Waals surface area contributed by atoms with Crippen molar-refractivity contribution in [3.8, 4) is 5.75 Å². The largest absolute Gasteiger partial charge is 0.494 e. The summed E-state index contributed by atoms with van der Waals surface area (Å²) in [4.78, 5) is 24.3. The standard InChI is InChI=1S/C16H21NO3/c1-3-20-14-8-6-13(7-9-14)17-15(19)16(12(2)18)10-4-5-11-16/h6-9H,3-5,10-11H2,1-2H3,(H,17,19). The van der Waals surface area contributed by atoms with Crippen molar-refractivity contribution in [2.45, 2.75) is 39.5 Å². The van der Waals surface area contributed by atoms with Crippen LogP contribution in [0.5, 0.6) is 5.75 Å². The lowest BCUT2D eigenvalue weighted by Crippen LogP contribution is -2.39. The van der Waals surface area contributed by atoms with E-state index in [0.717, 1.165) is 18.6 Å². The second kappa shape index (κ2) is 6.07. The number of ether oxygens (including phenoxy) is 1. The number of Topliss-reactive ketones (excluding diaryl/α,β-unsaturated/α-hetero) is 1.